The van der Waals surface area contributed by atoms with Crippen molar-refractivity contribution in [2.45, 2.75) is 6.42 Å². The van der Waals surface area contributed by atoms with E-state index in [2.05, 4.69) is 0 Å². The van der Waals surface area contributed by atoms with Crippen LogP contribution in [0, 0.1) is 27.4 Å². The van der Waals surface area contributed by atoms with Gasteiger partial charge in [0.1, 0.15) is 5.69 Å². The van der Waals surface area contributed by atoms with Gasteiger partial charge in [-0.15, -0.1) is 0 Å². The molecule has 1 amide bonds. The van der Waals surface area contributed by atoms with E-state index in [0.29, 0.717) is 19.5 Å². The lowest BCUT2D eigenvalue weighted by Gasteiger charge is -2.16. The highest BCUT2D eigenvalue weighted by molar-refractivity contribution is 5.98. The van der Waals surface area contributed by atoms with Crippen LogP contribution in [0.5, 0.6) is 0 Å². The summed E-state index contributed by atoms with van der Waals surface area (Å²) in [7, 11) is 0. The van der Waals surface area contributed by atoms with Crippen LogP contribution >= 0.6 is 0 Å². The Labute approximate surface area is 109 Å². The van der Waals surface area contributed by atoms with Crippen LogP contribution in [0.15, 0.2) is 18.2 Å². The number of benzene rings is 1. The van der Waals surface area contributed by atoms with Crippen molar-refractivity contribution < 1.29 is 9.72 Å². The third-order valence-corrected chi connectivity index (χ3v) is 3.13. The first kappa shape index (κ1) is 13.0. The third kappa shape index (κ3) is 2.39. The summed E-state index contributed by atoms with van der Waals surface area (Å²) >= 11 is 0. The van der Waals surface area contributed by atoms with Gasteiger partial charge in [0.25, 0.3) is 5.69 Å². The van der Waals surface area contributed by atoms with E-state index >= 15 is 0 Å². The monoisotopic (exact) mass is 260 g/mol. The topological polar surface area (TPSA) is 113 Å². The molecule has 1 unspecified atom stereocenters. The SMILES string of the molecule is N#Cc1ccc(N2CC(CN)CC2=O)c([N+](=O)[O-])c1. The normalized spacial score (nSPS) is 18.4. The fourth-order valence-electron chi connectivity index (χ4n) is 2.14. The predicted molar refractivity (Wildman–Crippen MR) is 67.3 cm³/mol. The summed E-state index contributed by atoms with van der Waals surface area (Å²) in [6, 6.07) is 5.92. The van der Waals surface area contributed by atoms with Crippen molar-refractivity contribution >= 4 is 17.3 Å². The molecule has 19 heavy (non-hydrogen) atoms. The minimum atomic E-state index is -0.584. The van der Waals surface area contributed by atoms with Crippen molar-refractivity contribution in [1.29, 1.82) is 5.26 Å². The lowest BCUT2D eigenvalue weighted by atomic mass is 10.1. The molecule has 0 radical (unpaired) electrons. The van der Waals surface area contributed by atoms with Gasteiger partial charge < -0.3 is 10.6 Å². The van der Waals surface area contributed by atoms with Gasteiger partial charge in [-0.1, -0.05) is 0 Å². The van der Waals surface area contributed by atoms with Crippen LogP contribution in [0.2, 0.25) is 0 Å². The molecule has 7 nitrogen and oxygen atoms in total. The number of rotatable bonds is 3. The standard InChI is InChI=1S/C12H12N4O3/c13-5-8-1-2-10(11(3-8)16(18)19)15-7-9(6-14)4-12(15)17/h1-3,9H,4,6-7,14H2. The van der Waals surface area contributed by atoms with Gasteiger partial charge in [0.2, 0.25) is 5.91 Å². The van der Waals surface area contributed by atoms with Crippen LogP contribution in [0.1, 0.15) is 12.0 Å². The molecule has 2 N–H and O–H groups in total. The van der Waals surface area contributed by atoms with Gasteiger partial charge in [0, 0.05) is 19.0 Å². The molecular formula is C12H12N4O3. The number of hydrogen-bond acceptors (Lipinski definition) is 5. The van der Waals surface area contributed by atoms with Crippen molar-refractivity contribution in [3.63, 3.8) is 0 Å². The zero-order chi connectivity index (χ0) is 14.0. The van der Waals surface area contributed by atoms with Crippen molar-refractivity contribution in [1.82, 2.24) is 0 Å². The number of nitro groups is 1. The van der Waals surface area contributed by atoms with Gasteiger partial charge in [-0.2, -0.15) is 5.26 Å². The first-order valence-electron chi connectivity index (χ1n) is 5.75. The van der Waals surface area contributed by atoms with Crippen molar-refractivity contribution in [2.75, 3.05) is 18.0 Å². The van der Waals surface area contributed by atoms with Crippen LogP contribution in [0.3, 0.4) is 0 Å². The summed E-state index contributed by atoms with van der Waals surface area (Å²) < 4.78 is 0. The number of nitrogens with zero attached hydrogens (tertiary/aromatic N) is 3. The molecule has 0 aliphatic carbocycles. The van der Waals surface area contributed by atoms with E-state index in [4.69, 9.17) is 11.0 Å². The van der Waals surface area contributed by atoms with Crippen LogP contribution in [0.4, 0.5) is 11.4 Å². The van der Waals surface area contributed by atoms with Crippen LogP contribution in [-0.4, -0.2) is 23.9 Å². The molecule has 0 saturated carbocycles. The largest absolute Gasteiger partial charge is 0.330 e. The number of nitriles is 1. The molecule has 1 aliphatic rings. The van der Waals surface area contributed by atoms with Crippen LogP contribution in [0.25, 0.3) is 0 Å². The van der Waals surface area contributed by atoms with Crippen LogP contribution in [-0.2, 0) is 4.79 Å². The minimum absolute atomic E-state index is 0.0164. The Balaban J connectivity index is 2.43. The number of nitrogens with two attached hydrogens (primary N) is 1. The van der Waals surface area contributed by atoms with Gasteiger partial charge in [0.05, 0.1) is 16.6 Å². The number of nitro benzene ring substituents is 1. The molecule has 0 bridgehead atoms. The predicted octanol–water partition coefficient (Wildman–Crippen LogP) is 0.778. The summed E-state index contributed by atoms with van der Waals surface area (Å²) in [5, 5.41) is 19.8. The van der Waals surface area contributed by atoms with E-state index in [9.17, 15) is 14.9 Å². The number of carbonyl (C=O) groups is 1. The summed E-state index contributed by atoms with van der Waals surface area (Å²) in [6.07, 6.45) is 0.299. The summed E-state index contributed by atoms with van der Waals surface area (Å²) in [5.41, 5.74) is 5.71. The van der Waals surface area contributed by atoms with Gasteiger partial charge in [-0.3, -0.25) is 14.9 Å². The second kappa shape index (κ2) is 5.04. The highest BCUT2D eigenvalue weighted by Gasteiger charge is 2.33. The third-order valence-electron chi connectivity index (χ3n) is 3.13. The molecule has 98 valence electrons. The molecule has 1 aromatic carbocycles. The lowest BCUT2D eigenvalue weighted by Crippen LogP contribution is -2.26. The Bertz CT molecular complexity index is 579. The summed E-state index contributed by atoms with van der Waals surface area (Å²) in [4.78, 5) is 23.7. The Morgan fingerprint density at radius 2 is 2.32 bits per heavy atom. The average molecular weight is 260 g/mol. The lowest BCUT2D eigenvalue weighted by molar-refractivity contribution is -0.384. The average Bonchev–Trinajstić information content (AvgIpc) is 2.79. The van der Waals surface area contributed by atoms with Crippen molar-refractivity contribution in [2.24, 2.45) is 11.7 Å². The van der Waals surface area contributed by atoms with E-state index in [1.807, 2.05) is 6.07 Å². The molecule has 1 fully saturated rings. The molecule has 0 spiro atoms. The number of hydrogen-bond donors (Lipinski definition) is 1. The smallest absolute Gasteiger partial charge is 0.294 e. The van der Waals surface area contributed by atoms with Gasteiger partial charge in [0.15, 0.2) is 0 Å². The Morgan fingerprint density at radius 3 is 2.84 bits per heavy atom. The molecule has 1 saturated heterocycles. The van der Waals surface area contributed by atoms with Gasteiger partial charge >= 0.3 is 0 Å². The molecule has 1 aliphatic heterocycles. The van der Waals surface area contributed by atoms with Gasteiger partial charge in [-0.25, -0.2) is 0 Å². The summed E-state index contributed by atoms with van der Waals surface area (Å²) in [6.45, 7) is 0.744. The second-order valence-corrected chi connectivity index (χ2v) is 4.38. The van der Waals surface area contributed by atoms with E-state index < -0.39 is 4.92 Å². The second-order valence-electron chi connectivity index (χ2n) is 4.38. The number of anilines is 1. The van der Waals surface area contributed by atoms with E-state index in [0.717, 1.165) is 0 Å². The van der Waals surface area contributed by atoms with Gasteiger partial charge in [-0.05, 0) is 24.6 Å². The highest BCUT2D eigenvalue weighted by atomic mass is 16.6. The maximum absolute atomic E-state index is 11.9. The van der Waals surface area contributed by atoms with Crippen LogP contribution < -0.4 is 10.6 Å². The van der Waals surface area contributed by atoms with E-state index in [-0.39, 0.29) is 28.8 Å². The summed E-state index contributed by atoms with van der Waals surface area (Å²) in [5.74, 6) is -0.161. The Hall–Kier alpha value is -2.46. The molecule has 1 heterocycles. The fraction of sp³-hybridized carbons (Fsp3) is 0.333. The zero-order valence-corrected chi connectivity index (χ0v) is 10.1. The molecule has 0 aromatic heterocycles. The quantitative estimate of drug-likeness (QED) is 0.637. The minimum Gasteiger partial charge on any atom is -0.330 e. The maximum atomic E-state index is 11.9. The fourth-order valence-corrected chi connectivity index (χ4v) is 2.14. The highest BCUT2D eigenvalue weighted by Crippen LogP contribution is 2.33. The molecule has 7 heteroatoms. The first-order valence-corrected chi connectivity index (χ1v) is 5.75. The van der Waals surface area contributed by atoms with E-state index in [1.54, 1.807) is 0 Å². The first-order chi connectivity index (χ1) is 9.06. The molecule has 2 rings (SSSR count). The molecular weight excluding hydrogens is 248 g/mol. The van der Waals surface area contributed by atoms with E-state index in [1.165, 1.54) is 23.1 Å². The number of carbonyl (C=O) groups excluding carboxylic acids is 1. The maximum Gasteiger partial charge on any atom is 0.294 e. The molecule has 1 atom stereocenters. The molecule has 1 aromatic rings. The number of amides is 1. The Kier molecular flexibility index (Phi) is 3.44. The van der Waals surface area contributed by atoms with Crippen molar-refractivity contribution in [3.8, 4) is 6.07 Å². The van der Waals surface area contributed by atoms with Crippen molar-refractivity contribution in [3.05, 3.63) is 33.9 Å². The Morgan fingerprint density at radius 1 is 1.58 bits per heavy atom. The zero-order valence-electron chi connectivity index (χ0n) is 10.1.